The summed E-state index contributed by atoms with van der Waals surface area (Å²) in [5.74, 6) is 1.12. The Morgan fingerprint density at radius 3 is 2.67 bits per heavy atom. The second-order valence-corrected chi connectivity index (χ2v) is 10.1. The largest absolute Gasteiger partial charge is 0.493 e. The third-order valence-electron chi connectivity index (χ3n) is 5.74. The van der Waals surface area contributed by atoms with Crippen LogP contribution in [0.3, 0.4) is 0 Å². The molecule has 0 aliphatic heterocycles. The van der Waals surface area contributed by atoms with Crippen LogP contribution in [0.4, 0.5) is 4.39 Å². The molecule has 0 N–H and O–H groups in total. The van der Waals surface area contributed by atoms with Gasteiger partial charge in [0.1, 0.15) is 18.2 Å². The van der Waals surface area contributed by atoms with Gasteiger partial charge in [0.05, 0.1) is 24.2 Å². The van der Waals surface area contributed by atoms with Crippen molar-refractivity contribution in [2.24, 2.45) is 5.10 Å². The lowest BCUT2D eigenvalue weighted by molar-refractivity contribution is 0.283. The minimum absolute atomic E-state index is 0.00337. The molecular weight excluding hydrogens is 593 g/mol. The van der Waals surface area contributed by atoms with E-state index in [9.17, 15) is 9.18 Å². The predicted octanol–water partition coefficient (Wildman–Crippen LogP) is 7.04. The topological polar surface area (TPSA) is 65.7 Å². The van der Waals surface area contributed by atoms with Crippen LogP contribution in [0, 0.1) is 5.82 Å². The van der Waals surface area contributed by atoms with Crippen molar-refractivity contribution in [1.29, 1.82) is 0 Å². The highest BCUT2D eigenvalue weighted by molar-refractivity contribution is 9.10. The Balaban J connectivity index is 1.81. The normalized spacial score (nSPS) is 12.3. The smallest absolute Gasteiger partial charge is 0.282 e. The molecule has 0 unspecified atom stereocenters. The zero-order chi connectivity index (χ0) is 25.8. The second-order valence-electron chi connectivity index (χ2n) is 8.25. The van der Waals surface area contributed by atoms with Gasteiger partial charge in [-0.15, -0.1) is 0 Å². The van der Waals surface area contributed by atoms with Crippen molar-refractivity contribution < 1.29 is 13.9 Å². The minimum atomic E-state index is -0.340. The maximum Gasteiger partial charge on any atom is 0.282 e. The molecule has 9 heteroatoms. The molecule has 4 rings (SSSR count). The molecule has 0 bridgehead atoms. The first kappa shape index (κ1) is 26.0. The predicted molar refractivity (Wildman–Crippen MR) is 147 cm³/mol. The lowest BCUT2D eigenvalue weighted by atomic mass is 10.1. The summed E-state index contributed by atoms with van der Waals surface area (Å²) in [5, 5.41) is 5.02. The zero-order valence-corrected chi connectivity index (χ0v) is 23.1. The Labute approximate surface area is 225 Å². The lowest BCUT2D eigenvalue weighted by Gasteiger charge is -2.16. The van der Waals surface area contributed by atoms with Crippen LogP contribution in [-0.4, -0.2) is 23.0 Å². The van der Waals surface area contributed by atoms with Gasteiger partial charge in [-0.2, -0.15) is 9.78 Å². The Hall–Kier alpha value is -3.04. The van der Waals surface area contributed by atoms with Crippen LogP contribution in [0.25, 0.3) is 10.9 Å². The van der Waals surface area contributed by atoms with E-state index >= 15 is 0 Å². The van der Waals surface area contributed by atoms with Gasteiger partial charge in [0, 0.05) is 20.4 Å². The summed E-state index contributed by atoms with van der Waals surface area (Å²) in [6.07, 6.45) is 2.34. The zero-order valence-electron chi connectivity index (χ0n) is 20.0. The third-order valence-corrected chi connectivity index (χ3v) is 6.69. The molecule has 1 atom stereocenters. The van der Waals surface area contributed by atoms with Gasteiger partial charge in [-0.25, -0.2) is 9.37 Å². The lowest BCUT2D eigenvalue weighted by Crippen LogP contribution is -2.23. The van der Waals surface area contributed by atoms with E-state index in [1.165, 1.54) is 23.9 Å². The van der Waals surface area contributed by atoms with E-state index in [0.717, 1.165) is 15.4 Å². The molecule has 0 saturated heterocycles. The van der Waals surface area contributed by atoms with Crippen molar-refractivity contribution in [1.82, 2.24) is 9.66 Å². The minimum Gasteiger partial charge on any atom is -0.493 e. The number of aromatic nitrogens is 2. The van der Waals surface area contributed by atoms with E-state index < -0.39 is 0 Å². The first-order valence-corrected chi connectivity index (χ1v) is 12.9. The summed E-state index contributed by atoms with van der Waals surface area (Å²) < 4.78 is 28.1. The van der Waals surface area contributed by atoms with Crippen LogP contribution >= 0.6 is 31.9 Å². The van der Waals surface area contributed by atoms with Gasteiger partial charge in [0.25, 0.3) is 5.56 Å². The maximum atomic E-state index is 13.6. The highest BCUT2D eigenvalue weighted by atomic mass is 79.9. The fourth-order valence-corrected chi connectivity index (χ4v) is 4.49. The number of hydrogen-bond acceptors (Lipinski definition) is 5. The summed E-state index contributed by atoms with van der Waals surface area (Å²) in [5.41, 5.74) is 1.60. The molecule has 0 spiro atoms. The van der Waals surface area contributed by atoms with E-state index in [-0.39, 0.29) is 23.9 Å². The number of methoxy groups -OCH3 is 1. The number of benzene rings is 3. The number of nitrogens with zero attached hydrogens (tertiary/aromatic N) is 3. The van der Waals surface area contributed by atoms with Gasteiger partial charge in [-0.3, -0.25) is 4.79 Å². The summed E-state index contributed by atoms with van der Waals surface area (Å²) in [4.78, 5) is 18.2. The van der Waals surface area contributed by atoms with Crippen LogP contribution < -0.4 is 15.0 Å². The summed E-state index contributed by atoms with van der Waals surface area (Å²) in [6, 6.07) is 15.2. The van der Waals surface area contributed by atoms with Crippen LogP contribution in [0.2, 0.25) is 0 Å². The molecule has 0 fully saturated rings. The standard InChI is InChI=1S/C27H24Br2FN3O3/c1-4-16(2)26-32-23-9-8-19(28)12-22(23)27(34)33(26)31-14-18-11-20(29)13-24(35-3)25(18)36-15-17-6-5-7-21(30)10-17/h5-14,16H,4,15H2,1-3H3/t16-/m1/s1. The molecule has 0 aliphatic carbocycles. The van der Waals surface area contributed by atoms with Crippen LogP contribution in [0.1, 0.15) is 43.1 Å². The van der Waals surface area contributed by atoms with Gasteiger partial charge in [0.2, 0.25) is 0 Å². The van der Waals surface area contributed by atoms with Gasteiger partial charge in [-0.05, 0) is 54.4 Å². The van der Waals surface area contributed by atoms with Gasteiger partial charge in [0.15, 0.2) is 11.5 Å². The molecule has 1 heterocycles. The van der Waals surface area contributed by atoms with Gasteiger partial charge < -0.3 is 9.47 Å². The van der Waals surface area contributed by atoms with E-state index in [1.807, 2.05) is 32.0 Å². The highest BCUT2D eigenvalue weighted by Gasteiger charge is 2.17. The Bertz CT molecular complexity index is 1500. The number of fused-ring (bicyclic) bond motifs is 1. The third kappa shape index (κ3) is 5.68. The number of halogens is 3. The Morgan fingerprint density at radius 2 is 1.94 bits per heavy atom. The molecule has 36 heavy (non-hydrogen) atoms. The van der Waals surface area contributed by atoms with Crippen molar-refractivity contribution >= 4 is 49.0 Å². The first-order chi connectivity index (χ1) is 17.3. The number of hydrogen-bond donors (Lipinski definition) is 0. The molecule has 4 aromatic rings. The summed E-state index contributed by atoms with van der Waals surface area (Å²) in [6.45, 7) is 4.17. The summed E-state index contributed by atoms with van der Waals surface area (Å²) >= 11 is 6.92. The maximum absolute atomic E-state index is 13.6. The van der Waals surface area contributed by atoms with E-state index in [2.05, 4.69) is 37.0 Å². The average molecular weight is 617 g/mol. The van der Waals surface area contributed by atoms with Crippen LogP contribution in [0.15, 0.2) is 73.4 Å². The fourth-order valence-electron chi connectivity index (χ4n) is 3.67. The van der Waals surface area contributed by atoms with Crippen LogP contribution in [0.5, 0.6) is 11.5 Å². The SMILES string of the molecule is CC[C@@H](C)c1nc2ccc(Br)cc2c(=O)n1N=Cc1cc(Br)cc(OC)c1OCc1cccc(F)c1. The number of ether oxygens (including phenoxy) is 2. The molecule has 0 amide bonds. The van der Waals surface area contributed by atoms with Crippen molar-refractivity contribution in [3.63, 3.8) is 0 Å². The average Bonchev–Trinajstić information content (AvgIpc) is 2.86. The second kappa shape index (κ2) is 11.3. The summed E-state index contributed by atoms with van der Waals surface area (Å²) in [7, 11) is 1.54. The first-order valence-electron chi connectivity index (χ1n) is 11.3. The highest BCUT2D eigenvalue weighted by Crippen LogP contribution is 2.35. The van der Waals surface area contributed by atoms with Crippen molar-refractivity contribution in [2.45, 2.75) is 32.8 Å². The molecule has 0 radical (unpaired) electrons. The number of rotatable bonds is 8. The Morgan fingerprint density at radius 1 is 1.14 bits per heavy atom. The van der Waals surface area contributed by atoms with E-state index in [0.29, 0.717) is 39.4 Å². The van der Waals surface area contributed by atoms with Gasteiger partial charge >= 0.3 is 0 Å². The molecule has 0 saturated carbocycles. The van der Waals surface area contributed by atoms with Crippen LogP contribution in [-0.2, 0) is 6.61 Å². The molecule has 0 aliphatic rings. The molecular formula is C27H24Br2FN3O3. The quantitative estimate of drug-likeness (QED) is 0.199. The van der Waals surface area contributed by atoms with E-state index in [1.54, 1.807) is 30.5 Å². The van der Waals surface area contributed by atoms with E-state index in [4.69, 9.17) is 14.5 Å². The molecule has 1 aromatic heterocycles. The molecule has 6 nitrogen and oxygen atoms in total. The van der Waals surface area contributed by atoms with Crippen molar-refractivity contribution in [2.75, 3.05) is 7.11 Å². The van der Waals surface area contributed by atoms with Crippen molar-refractivity contribution in [3.8, 4) is 11.5 Å². The monoisotopic (exact) mass is 615 g/mol. The molecule has 186 valence electrons. The van der Waals surface area contributed by atoms with Crippen molar-refractivity contribution in [3.05, 3.63) is 96.7 Å². The van der Waals surface area contributed by atoms with Gasteiger partial charge in [-0.1, -0.05) is 57.8 Å². The molecule has 3 aromatic carbocycles. The fraction of sp³-hybridized carbons (Fsp3) is 0.222. The Kier molecular flexibility index (Phi) is 8.21.